The van der Waals surface area contributed by atoms with Gasteiger partial charge < -0.3 is 15.4 Å². The lowest BCUT2D eigenvalue weighted by Crippen LogP contribution is -2.33. The fourth-order valence-electron chi connectivity index (χ4n) is 1.99. The summed E-state index contributed by atoms with van der Waals surface area (Å²) in [7, 11) is 3.75. The van der Waals surface area contributed by atoms with Gasteiger partial charge in [-0.2, -0.15) is 0 Å². The molecule has 0 amide bonds. The van der Waals surface area contributed by atoms with Crippen LogP contribution in [0.3, 0.4) is 0 Å². The number of anilines is 1. The lowest BCUT2D eigenvalue weighted by Gasteiger charge is -2.27. The molecule has 3 heteroatoms. The van der Waals surface area contributed by atoms with Gasteiger partial charge in [0.05, 0.1) is 12.8 Å². The van der Waals surface area contributed by atoms with E-state index in [0.717, 1.165) is 18.0 Å². The van der Waals surface area contributed by atoms with Crippen LogP contribution in [0.25, 0.3) is 0 Å². The Hall–Kier alpha value is -1.22. The van der Waals surface area contributed by atoms with E-state index in [4.69, 9.17) is 10.5 Å². The molecule has 0 spiro atoms. The molecule has 0 radical (unpaired) electrons. The quantitative estimate of drug-likeness (QED) is 0.893. The zero-order chi connectivity index (χ0) is 13.9. The van der Waals surface area contributed by atoms with Crippen molar-refractivity contribution in [1.29, 1.82) is 0 Å². The van der Waals surface area contributed by atoms with Crippen LogP contribution in [0, 0.1) is 0 Å². The molecule has 1 aromatic rings. The lowest BCUT2D eigenvalue weighted by atomic mass is 9.86. The van der Waals surface area contributed by atoms with E-state index in [-0.39, 0.29) is 11.5 Å². The highest BCUT2D eigenvalue weighted by molar-refractivity contribution is 5.60. The van der Waals surface area contributed by atoms with Gasteiger partial charge in [-0.3, -0.25) is 0 Å². The van der Waals surface area contributed by atoms with Gasteiger partial charge >= 0.3 is 0 Å². The van der Waals surface area contributed by atoms with E-state index in [1.807, 2.05) is 20.0 Å². The van der Waals surface area contributed by atoms with Crippen molar-refractivity contribution in [2.45, 2.75) is 39.2 Å². The van der Waals surface area contributed by atoms with E-state index in [1.54, 1.807) is 7.11 Å². The molecule has 0 aliphatic heterocycles. The van der Waals surface area contributed by atoms with Gasteiger partial charge in [-0.15, -0.1) is 0 Å². The number of nitrogens with two attached hydrogens (primary N) is 1. The second-order valence-corrected chi connectivity index (χ2v) is 5.99. The third-order valence-corrected chi connectivity index (χ3v) is 3.02. The average Bonchev–Trinajstić information content (AvgIpc) is 2.26. The Balaban J connectivity index is 3.14. The predicted molar refractivity (Wildman–Crippen MR) is 78.6 cm³/mol. The molecule has 18 heavy (non-hydrogen) atoms. The van der Waals surface area contributed by atoms with Crippen LogP contribution in [0.1, 0.15) is 33.3 Å². The number of ether oxygens (including phenoxy) is 1. The van der Waals surface area contributed by atoms with Crippen LogP contribution >= 0.6 is 0 Å². The van der Waals surface area contributed by atoms with Crippen LogP contribution in [0.5, 0.6) is 5.75 Å². The van der Waals surface area contributed by atoms with Crippen molar-refractivity contribution < 1.29 is 4.74 Å². The molecule has 0 aliphatic carbocycles. The molecule has 0 saturated carbocycles. The Kier molecular flexibility index (Phi) is 4.63. The Bertz CT molecular complexity index is 394. The number of methoxy groups -OCH3 is 1. The predicted octanol–water partition coefficient (Wildman–Crippen LogP) is 2.78. The third-order valence-electron chi connectivity index (χ3n) is 3.02. The molecule has 0 heterocycles. The molecule has 0 aliphatic rings. The number of benzene rings is 1. The second kappa shape index (κ2) is 5.61. The molecular weight excluding hydrogens is 224 g/mol. The first-order valence-corrected chi connectivity index (χ1v) is 6.41. The fourth-order valence-corrected chi connectivity index (χ4v) is 1.99. The van der Waals surface area contributed by atoms with E-state index in [0.29, 0.717) is 0 Å². The summed E-state index contributed by atoms with van der Waals surface area (Å²) in [4.78, 5) is 2.15. The highest BCUT2D eigenvalue weighted by atomic mass is 16.5. The third kappa shape index (κ3) is 3.64. The monoisotopic (exact) mass is 250 g/mol. The van der Waals surface area contributed by atoms with Crippen molar-refractivity contribution in [3.8, 4) is 5.75 Å². The van der Waals surface area contributed by atoms with Gasteiger partial charge in [0.25, 0.3) is 0 Å². The van der Waals surface area contributed by atoms with Crippen LogP contribution in [-0.2, 0) is 5.41 Å². The van der Waals surface area contributed by atoms with E-state index in [2.05, 4.69) is 37.8 Å². The van der Waals surface area contributed by atoms with Gasteiger partial charge in [0, 0.05) is 19.6 Å². The molecular formula is C15H26N2O. The van der Waals surface area contributed by atoms with Crippen molar-refractivity contribution in [2.75, 3.05) is 25.6 Å². The number of rotatable bonds is 4. The molecule has 1 rings (SSSR count). The van der Waals surface area contributed by atoms with E-state index in [1.165, 1.54) is 5.56 Å². The summed E-state index contributed by atoms with van der Waals surface area (Å²) in [5.74, 6) is 0.895. The van der Waals surface area contributed by atoms with Gasteiger partial charge in [-0.05, 0) is 30.0 Å². The SMILES string of the molecule is COc1ccc(C(C)(C)C)cc1N(C)CC(C)N. The van der Waals surface area contributed by atoms with Gasteiger partial charge in [-0.25, -0.2) is 0 Å². The maximum Gasteiger partial charge on any atom is 0.142 e. The Labute approximate surface area is 111 Å². The minimum Gasteiger partial charge on any atom is -0.495 e. The molecule has 1 aromatic carbocycles. The fraction of sp³-hybridized carbons (Fsp3) is 0.600. The van der Waals surface area contributed by atoms with E-state index in [9.17, 15) is 0 Å². The molecule has 0 saturated heterocycles. The highest BCUT2D eigenvalue weighted by Crippen LogP contribution is 2.33. The number of nitrogens with zero attached hydrogens (tertiary/aromatic N) is 1. The number of hydrogen-bond donors (Lipinski definition) is 1. The Morgan fingerprint density at radius 3 is 2.39 bits per heavy atom. The van der Waals surface area contributed by atoms with Gasteiger partial charge in [0.15, 0.2) is 0 Å². The van der Waals surface area contributed by atoms with Gasteiger partial charge in [-0.1, -0.05) is 26.8 Å². The van der Waals surface area contributed by atoms with Crippen LogP contribution in [0.4, 0.5) is 5.69 Å². The Morgan fingerprint density at radius 1 is 1.33 bits per heavy atom. The molecule has 102 valence electrons. The number of likely N-dealkylation sites (N-methyl/N-ethyl adjacent to an activating group) is 1. The molecule has 1 atom stereocenters. The lowest BCUT2D eigenvalue weighted by molar-refractivity contribution is 0.414. The van der Waals surface area contributed by atoms with Crippen LogP contribution < -0.4 is 15.4 Å². The molecule has 0 bridgehead atoms. The van der Waals surface area contributed by atoms with E-state index >= 15 is 0 Å². The van der Waals surface area contributed by atoms with Gasteiger partial charge in [0.2, 0.25) is 0 Å². The summed E-state index contributed by atoms with van der Waals surface area (Å²) in [5, 5.41) is 0. The normalized spacial score (nSPS) is 13.3. The zero-order valence-electron chi connectivity index (χ0n) is 12.4. The summed E-state index contributed by atoms with van der Waals surface area (Å²) < 4.78 is 5.43. The van der Waals surface area contributed by atoms with E-state index < -0.39 is 0 Å². The second-order valence-electron chi connectivity index (χ2n) is 5.99. The summed E-state index contributed by atoms with van der Waals surface area (Å²) in [6, 6.07) is 6.50. The number of hydrogen-bond acceptors (Lipinski definition) is 3. The van der Waals surface area contributed by atoms with Gasteiger partial charge in [0.1, 0.15) is 5.75 Å². The topological polar surface area (TPSA) is 38.5 Å². The van der Waals surface area contributed by atoms with Crippen LogP contribution in [-0.4, -0.2) is 26.7 Å². The van der Waals surface area contributed by atoms with Crippen molar-refractivity contribution >= 4 is 5.69 Å². The minimum atomic E-state index is 0.135. The first-order valence-electron chi connectivity index (χ1n) is 6.41. The standard InChI is InChI=1S/C15H26N2O/c1-11(16)10-17(5)13-9-12(15(2,3)4)7-8-14(13)18-6/h7-9,11H,10,16H2,1-6H3. The summed E-state index contributed by atoms with van der Waals surface area (Å²) >= 11 is 0. The van der Waals surface area contributed by atoms with Crippen LogP contribution in [0.15, 0.2) is 18.2 Å². The van der Waals surface area contributed by atoms with Crippen molar-refractivity contribution in [2.24, 2.45) is 5.73 Å². The average molecular weight is 250 g/mol. The van der Waals surface area contributed by atoms with Crippen molar-refractivity contribution in [3.63, 3.8) is 0 Å². The summed E-state index contributed by atoms with van der Waals surface area (Å²) in [6.45, 7) is 9.46. The maximum absolute atomic E-state index is 5.86. The molecule has 0 fully saturated rings. The molecule has 3 nitrogen and oxygen atoms in total. The first-order chi connectivity index (χ1) is 8.25. The molecule has 1 unspecified atom stereocenters. The smallest absolute Gasteiger partial charge is 0.142 e. The summed E-state index contributed by atoms with van der Waals surface area (Å²) in [6.07, 6.45) is 0. The van der Waals surface area contributed by atoms with Crippen molar-refractivity contribution in [3.05, 3.63) is 23.8 Å². The first kappa shape index (κ1) is 14.8. The molecule has 0 aromatic heterocycles. The Morgan fingerprint density at radius 2 is 1.94 bits per heavy atom. The zero-order valence-corrected chi connectivity index (χ0v) is 12.4. The maximum atomic E-state index is 5.86. The largest absolute Gasteiger partial charge is 0.495 e. The minimum absolute atomic E-state index is 0.135. The van der Waals surface area contributed by atoms with Crippen molar-refractivity contribution in [1.82, 2.24) is 0 Å². The summed E-state index contributed by atoms with van der Waals surface area (Å²) in [5.41, 5.74) is 8.40. The molecule has 2 N–H and O–H groups in total. The highest BCUT2D eigenvalue weighted by Gasteiger charge is 2.17. The van der Waals surface area contributed by atoms with Crippen LogP contribution in [0.2, 0.25) is 0 Å².